The van der Waals surface area contributed by atoms with Gasteiger partial charge in [0.05, 0.1) is 5.69 Å². The number of nitrogens with zero attached hydrogens (tertiary/aromatic N) is 2. The van der Waals surface area contributed by atoms with Crippen LogP contribution in [0, 0.1) is 0 Å². The topological polar surface area (TPSA) is 28.2 Å². The first-order valence-electron chi connectivity index (χ1n) is 8.21. The molecule has 2 heterocycles. The van der Waals surface area contributed by atoms with Crippen molar-refractivity contribution in [1.29, 1.82) is 0 Å². The van der Waals surface area contributed by atoms with Crippen LogP contribution in [0.3, 0.4) is 0 Å². The number of thiazole rings is 1. The van der Waals surface area contributed by atoms with Gasteiger partial charge < -0.3 is 10.2 Å². The van der Waals surface area contributed by atoms with Crippen molar-refractivity contribution in [2.45, 2.75) is 57.2 Å². The van der Waals surface area contributed by atoms with E-state index in [4.69, 9.17) is 4.98 Å². The van der Waals surface area contributed by atoms with Crippen LogP contribution in [0.15, 0.2) is 0 Å². The van der Waals surface area contributed by atoms with Crippen molar-refractivity contribution in [1.82, 2.24) is 10.3 Å². The van der Waals surface area contributed by atoms with E-state index in [1.54, 1.807) is 0 Å². The van der Waals surface area contributed by atoms with Crippen LogP contribution in [0.5, 0.6) is 0 Å². The first-order valence-corrected chi connectivity index (χ1v) is 10.0. The van der Waals surface area contributed by atoms with Gasteiger partial charge in [-0.2, -0.15) is 11.8 Å². The van der Waals surface area contributed by atoms with Crippen LogP contribution in [0.2, 0.25) is 0 Å². The smallest absolute Gasteiger partial charge is 0.185 e. The minimum absolute atomic E-state index is 0.415. The molecule has 1 aliphatic carbocycles. The maximum atomic E-state index is 4.99. The van der Waals surface area contributed by atoms with Crippen molar-refractivity contribution in [2.24, 2.45) is 0 Å². The molecule has 1 aliphatic heterocycles. The lowest BCUT2D eigenvalue weighted by Crippen LogP contribution is -2.26. The number of thioether (sulfide) groups is 1. The highest BCUT2D eigenvalue weighted by molar-refractivity contribution is 8.00. The molecule has 1 aromatic rings. The number of fused-ring (bicyclic) bond motifs is 1. The molecule has 2 aliphatic rings. The van der Waals surface area contributed by atoms with Gasteiger partial charge in [-0.15, -0.1) is 0 Å². The number of hydrogen-bond donors (Lipinski definition) is 1. The Morgan fingerprint density at radius 3 is 3.05 bits per heavy atom. The number of anilines is 1. The monoisotopic (exact) mass is 325 g/mol. The standard InChI is InChI=1S/C16H27N3S2/c1-4-17-12-6-5-7-13-14(12)21-15(18-13)19-9-8-16(2,3)20-11-10-19/h12,17H,4-11H2,1-3H3. The summed E-state index contributed by atoms with van der Waals surface area (Å²) < 4.78 is 0.415. The third kappa shape index (κ3) is 3.57. The van der Waals surface area contributed by atoms with E-state index >= 15 is 0 Å². The van der Waals surface area contributed by atoms with E-state index in [-0.39, 0.29) is 0 Å². The molecule has 1 aromatic heterocycles. The van der Waals surface area contributed by atoms with E-state index in [1.807, 2.05) is 11.3 Å². The number of hydrogen-bond acceptors (Lipinski definition) is 5. The molecule has 5 heteroatoms. The minimum Gasteiger partial charge on any atom is -0.347 e. The van der Waals surface area contributed by atoms with Crippen LogP contribution in [0.4, 0.5) is 5.13 Å². The minimum atomic E-state index is 0.415. The molecular weight excluding hydrogens is 298 g/mol. The molecule has 3 rings (SSSR count). The SMILES string of the molecule is CCNC1CCCc2nc(N3CCSC(C)(C)CC3)sc21. The molecule has 1 unspecified atom stereocenters. The van der Waals surface area contributed by atoms with Gasteiger partial charge in [0.2, 0.25) is 0 Å². The lowest BCUT2D eigenvalue weighted by Gasteiger charge is -2.22. The van der Waals surface area contributed by atoms with Gasteiger partial charge >= 0.3 is 0 Å². The Morgan fingerprint density at radius 2 is 2.24 bits per heavy atom. The van der Waals surface area contributed by atoms with Crippen LogP contribution >= 0.6 is 23.1 Å². The summed E-state index contributed by atoms with van der Waals surface area (Å²) in [6.45, 7) is 10.3. The second-order valence-electron chi connectivity index (χ2n) is 6.66. The summed E-state index contributed by atoms with van der Waals surface area (Å²) in [5, 5.41) is 4.90. The lowest BCUT2D eigenvalue weighted by molar-refractivity contribution is 0.476. The third-order valence-electron chi connectivity index (χ3n) is 4.50. The van der Waals surface area contributed by atoms with Crippen LogP contribution in [-0.4, -0.2) is 35.1 Å². The third-order valence-corrected chi connectivity index (χ3v) is 7.14. The molecule has 0 aromatic carbocycles. The average molecular weight is 326 g/mol. The molecular formula is C16H27N3S2. The Kier molecular flexibility index (Phi) is 4.81. The molecule has 0 spiro atoms. The number of rotatable bonds is 3. The van der Waals surface area contributed by atoms with Crippen molar-refractivity contribution < 1.29 is 0 Å². The molecule has 0 radical (unpaired) electrons. The molecule has 0 bridgehead atoms. The van der Waals surface area contributed by atoms with Gasteiger partial charge in [0, 0.05) is 34.5 Å². The van der Waals surface area contributed by atoms with Gasteiger partial charge in [-0.25, -0.2) is 4.98 Å². The molecule has 21 heavy (non-hydrogen) atoms. The quantitative estimate of drug-likeness (QED) is 0.913. The van der Waals surface area contributed by atoms with Crippen molar-refractivity contribution in [2.75, 3.05) is 30.3 Å². The number of aromatic nitrogens is 1. The second-order valence-corrected chi connectivity index (χ2v) is 9.47. The normalized spacial score (nSPS) is 25.5. The fourth-order valence-electron chi connectivity index (χ4n) is 3.19. The highest BCUT2D eigenvalue weighted by Gasteiger charge is 2.28. The number of aryl methyl sites for hydroxylation is 1. The average Bonchev–Trinajstić information content (AvgIpc) is 2.79. The number of nitrogens with one attached hydrogen (secondary N) is 1. The van der Waals surface area contributed by atoms with E-state index in [1.165, 1.54) is 47.1 Å². The molecule has 1 N–H and O–H groups in total. The molecule has 3 nitrogen and oxygen atoms in total. The maximum absolute atomic E-state index is 4.99. The maximum Gasteiger partial charge on any atom is 0.185 e. The molecule has 118 valence electrons. The Morgan fingerprint density at radius 1 is 1.38 bits per heavy atom. The molecule has 0 saturated carbocycles. The highest BCUT2D eigenvalue weighted by atomic mass is 32.2. The summed E-state index contributed by atoms with van der Waals surface area (Å²) in [7, 11) is 0. The molecule has 1 atom stereocenters. The largest absolute Gasteiger partial charge is 0.347 e. The Hall–Kier alpha value is -0.260. The van der Waals surface area contributed by atoms with Gasteiger partial charge in [-0.3, -0.25) is 0 Å². The summed E-state index contributed by atoms with van der Waals surface area (Å²) in [4.78, 5) is 9.02. The molecule has 0 amide bonds. The van der Waals surface area contributed by atoms with Crippen LogP contribution in [0.1, 0.15) is 56.6 Å². The molecule has 1 saturated heterocycles. The van der Waals surface area contributed by atoms with Crippen LogP contribution in [-0.2, 0) is 6.42 Å². The second kappa shape index (κ2) is 6.47. The van der Waals surface area contributed by atoms with Gasteiger partial charge in [0.25, 0.3) is 0 Å². The van der Waals surface area contributed by atoms with Gasteiger partial charge in [0.15, 0.2) is 5.13 Å². The van der Waals surface area contributed by atoms with Crippen molar-refractivity contribution in [3.63, 3.8) is 0 Å². The predicted octanol–water partition coefficient (Wildman–Crippen LogP) is 3.85. The van der Waals surface area contributed by atoms with E-state index in [2.05, 4.69) is 42.7 Å². The fourth-order valence-corrected chi connectivity index (χ4v) is 5.57. The predicted molar refractivity (Wildman–Crippen MR) is 94.8 cm³/mol. The van der Waals surface area contributed by atoms with E-state index < -0.39 is 0 Å². The first-order chi connectivity index (χ1) is 10.1. The first kappa shape index (κ1) is 15.6. The van der Waals surface area contributed by atoms with Gasteiger partial charge in [-0.1, -0.05) is 32.1 Å². The van der Waals surface area contributed by atoms with Crippen LogP contribution < -0.4 is 10.2 Å². The summed E-state index contributed by atoms with van der Waals surface area (Å²) in [5.41, 5.74) is 1.36. The molecule has 1 fully saturated rings. The summed E-state index contributed by atoms with van der Waals surface area (Å²) in [6.07, 6.45) is 4.96. The van der Waals surface area contributed by atoms with E-state index in [9.17, 15) is 0 Å². The van der Waals surface area contributed by atoms with Crippen molar-refractivity contribution in [3.8, 4) is 0 Å². The summed E-state index contributed by atoms with van der Waals surface area (Å²) in [5.74, 6) is 1.22. The lowest BCUT2D eigenvalue weighted by atomic mass is 9.98. The Balaban J connectivity index is 1.77. The Labute approximate surface area is 136 Å². The summed E-state index contributed by atoms with van der Waals surface area (Å²) >= 11 is 4.05. The van der Waals surface area contributed by atoms with Crippen LogP contribution in [0.25, 0.3) is 0 Å². The highest BCUT2D eigenvalue weighted by Crippen LogP contribution is 2.39. The fraction of sp³-hybridized carbons (Fsp3) is 0.812. The zero-order valence-electron chi connectivity index (χ0n) is 13.4. The zero-order valence-corrected chi connectivity index (χ0v) is 15.1. The summed E-state index contributed by atoms with van der Waals surface area (Å²) in [6, 6.07) is 0.544. The van der Waals surface area contributed by atoms with Crippen molar-refractivity contribution in [3.05, 3.63) is 10.6 Å². The van der Waals surface area contributed by atoms with Gasteiger partial charge in [0.1, 0.15) is 0 Å². The van der Waals surface area contributed by atoms with E-state index in [0.29, 0.717) is 10.8 Å². The van der Waals surface area contributed by atoms with Gasteiger partial charge in [-0.05, 0) is 32.2 Å². The van der Waals surface area contributed by atoms with E-state index in [0.717, 1.165) is 19.6 Å². The Bertz CT molecular complexity index is 484. The zero-order chi connectivity index (χ0) is 14.9. The van der Waals surface area contributed by atoms with Crippen molar-refractivity contribution >= 4 is 28.2 Å².